The first-order valence-corrected chi connectivity index (χ1v) is 11.3. The van der Waals surface area contributed by atoms with E-state index in [2.05, 4.69) is 41.9 Å². The lowest BCUT2D eigenvalue weighted by molar-refractivity contribution is 0.192. The molecule has 0 aliphatic rings. The normalized spacial score (nSPS) is 14.4. The molecular weight excluding hydrogens is 432 g/mol. The summed E-state index contributed by atoms with van der Waals surface area (Å²) in [6.45, 7) is 9.99. The smallest absolute Gasteiger partial charge is 0.163 e. The van der Waals surface area contributed by atoms with Gasteiger partial charge in [0.25, 0.3) is 0 Å². The first-order chi connectivity index (χ1) is 15.9. The molecule has 0 fully saturated rings. The predicted molar refractivity (Wildman–Crippen MR) is 141 cm³/mol. The zero-order valence-electron chi connectivity index (χ0n) is 20.3. The molecule has 0 radical (unpaired) electrons. The fourth-order valence-electron chi connectivity index (χ4n) is 3.11. The van der Waals surface area contributed by atoms with Gasteiger partial charge in [-0.1, -0.05) is 61.4 Å². The van der Waals surface area contributed by atoms with Gasteiger partial charge in [0.1, 0.15) is 12.4 Å². The van der Waals surface area contributed by atoms with Crippen LogP contribution in [0.4, 0.5) is 5.82 Å². The highest BCUT2D eigenvalue weighted by Crippen LogP contribution is 2.31. The standard InChI is InChI=1S/C28H35ClN2O2/c1-8-12-14-24(19-23(10-3)25-15-13-18-31-28(25)30-6)27(32-7)26(11-4)33-20-22(9-2)17-16-21(5)29/h3,9,11-18,23H,2,8,19-20H2,1,4-7H3,(H,30,31)/b14-12-,21-16+,22-17+,26-11+,27-24-. The third-order valence-corrected chi connectivity index (χ3v) is 4.92. The van der Waals surface area contributed by atoms with Crippen molar-refractivity contribution in [1.82, 2.24) is 4.98 Å². The van der Waals surface area contributed by atoms with Crippen LogP contribution in [-0.4, -0.2) is 25.7 Å². The molecule has 1 aromatic heterocycles. The summed E-state index contributed by atoms with van der Waals surface area (Å²) in [7, 11) is 3.48. The number of terminal acetylenes is 1. The van der Waals surface area contributed by atoms with Crippen molar-refractivity contribution in [2.75, 3.05) is 26.1 Å². The Morgan fingerprint density at radius 3 is 2.70 bits per heavy atom. The van der Waals surface area contributed by atoms with Gasteiger partial charge >= 0.3 is 0 Å². The first kappa shape index (κ1) is 27.9. The summed E-state index contributed by atoms with van der Waals surface area (Å²) in [5.74, 6) is 4.76. The monoisotopic (exact) mass is 466 g/mol. The Bertz CT molecular complexity index is 974. The van der Waals surface area contributed by atoms with Crippen LogP contribution >= 0.6 is 11.6 Å². The number of aromatic nitrogens is 1. The van der Waals surface area contributed by atoms with Crippen molar-refractivity contribution in [3.05, 3.63) is 94.6 Å². The minimum atomic E-state index is -0.193. The van der Waals surface area contributed by atoms with E-state index < -0.39 is 0 Å². The molecule has 0 aliphatic carbocycles. The first-order valence-electron chi connectivity index (χ1n) is 10.9. The molecule has 1 rings (SSSR count). The molecule has 0 aromatic carbocycles. The average Bonchev–Trinajstić information content (AvgIpc) is 2.84. The number of pyridine rings is 1. The highest BCUT2D eigenvalue weighted by molar-refractivity contribution is 6.29. The fraction of sp³-hybridized carbons (Fsp3) is 0.321. The molecule has 4 nitrogen and oxygen atoms in total. The lowest BCUT2D eigenvalue weighted by Crippen LogP contribution is -2.08. The maximum absolute atomic E-state index is 6.11. The molecule has 0 spiro atoms. The molecule has 0 amide bonds. The van der Waals surface area contributed by atoms with Crippen LogP contribution < -0.4 is 5.32 Å². The summed E-state index contributed by atoms with van der Waals surface area (Å²) in [5, 5.41) is 3.81. The van der Waals surface area contributed by atoms with E-state index in [1.807, 2.05) is 51.3 Å². The molecule has 33 heavy (non-hydrogen) atoms. The molecule has 1 N–H and O–H groups in total. The third-order valence-electron chi connectivity index (χ3n) is 4.80. The number of nitrogens with one attached hydrogen (secondary N) is 1. The molecule has 1 unspecified atom stereocenters. The molecule has 176 valence electrons. The number of rotatable bonds is 13. The van der Waals surface area contributed by atoms with Gasteiger partial charge in [0.2, 0.25) is 0 Å². The largest absolute Gasteiger partial charge is 0.493 e. The van der Waals surface area contributed by atoms with Crippen LogP contribution in [0.1, 0.15) is 45.1 Å². The van der Waals surface area contributed by atoms with Crippen molar-refractivity contribution < 1.29 is 9.47 Å². The third kappa shape index (κ3) is 9.08. The highest BCUT2D eigenvalue weighted by Gasteiger charge is 2.19. The minimum absolute atomic E-state index is 0.193. The molecule has 1 aromatic rings. The van der Waals surface area contributed by atoms with Crippen molar-refractivity contribution in [2.45, 2.75) is 39.5 Å². The van der Waals surface area contributed by atoms with Crippen LogP contribution in [-0.2, 0) is 9.47 Å². The van der Waals surface area contributed by atoms with Crippen molar-refractivity contribution in [3.63, 3.8) is 0 Å². The number of methoxy groups -OCH3 is 1. The lowest BCUT2D eigenvalue weighted by Gasteiger charge is -2.20. The molecule has 5 heteroatoms. The number of nitrogens with zero attached hydrogens (tertiary/aromatic N) is 1. The minimum Gasteiger partial charge on any atom is -0.493 e. The maximum Gasteiger partial charge on any atom is 0.163 e. The lowest BCUT2D eigenvalue weighted by atomic mass is 9.91. The van der Waals surface area contributed by atoms with Gasteiger partial charge < -0.3 is 14.8 Å². The quantitative estimate of drug-likeness (QED) is 0.188. The van der Waals surface area contributed by atoms with Gasteiger partial charge in [-0.25, -0.2) is 4.98 Å². The predicted octanol–water partition coefficient (Wildman–Crippen LogP) is 7.27. The van der Waals surface area contributed by atoms with Crippen molar-refractivity contribution in [3.8, 4) is 12.3 Å². The van der Waals surface area contributed by atoms with Crippen molar-refractivity contribution in [2.24, 2.45) is 0 Å². The second kappa shape index (κ2) is 15.6. The molecule has 0 bridgehead atoms. The Hall–Kier alpha value is -3.16. The van der Waals surface area contributed by atoms with Crippen LogP contribution in [0.15, 0.2) is 89.1 Å². The molecular formula is C28H35ClN2O2. The van der Waals surface area contributed by atoms with Gasteiger partial charge in [0.05, 0.1) is 13.0 Å². The van der Waals surface area contributed by atoms with E-state index in [-0.39, 0.29) is 5.92 Å². The van der Waals surface area contributed by atoms with Gasteiger partial charge in [-0.3, -0.25) is 0 Å². The second-order valence-electron chi connectivity index (χ2n) is 7.12. The van der Waals surface area contributed by atoms with Crippen LogP contribution in [0.5, 0.6) is 0 Å². The number of anilines is 1. The van der Waals surface area contributed by atoms with Crippen LogP contribution in [0.25, 0.3) is 0 Å². The second-order valence-corrected chi connectivity index (χ2v) is 7.72. The van der Waals surface area contributed by atoms with Crippen LogP contribution in [0.2, 0.25) is 0 Å². The van der Waals surface area contributed by atoms with E-state index in [9.17, 15) is 0 Å². The van der Waals surface area contributed by atoms with E-state index in [0.717, 1.165) is 28.9 Å². The van der Waals surface area contributed by atoms with Gasteiger partial charge in [-0.05, 0) is 56.1 Å². The number of hydrogen-bond acceptors (Lipinski definition) is 4. The molecule has 0 saturated heterocycles. The zero-order valence-corrected chi connectivity index (χ0v) is 21.1. The number of hydrogen-bond donors (Lipinski definition) is 1. The number of halogens is 1. The van der Waals surface area contributed by atoms with E-state index in [0.29, 0.717) is 29.6 Å². The zero-order chi connectivity index (χ0) is 24.6. The SMILES string of the molecule is C#CC(CC(/C=C\CC)=C(OC)/C(=C\C)OC/C(C=C)=C/C=C(\C)Cl)c1cccnc1NC. The van der Waals surface area contributed by atoms with Crippen LogP contribution in [0.3, 0.4) is 0 Å². The summed E-state index contributed by atoms with van der Waals surface area (Å²) in [6.07, 6.45) is 20.6. The summed E-state index contributed by atoms with van der Waals surface area (Å²) in [5.41, 5.74) is 2.80. The molecule has 0 aliphatic heterocycles. The fourth-order valence-corrected chi connectivity index (χ4v) is 3.17. The summed E-state index contributed by atoms with van der Waals surface area (Å²) in [4.78, 5) is 4.40. The Morgan fingerprint density at radius 1 is 1.39 bits per heavy atom. The Kier molecular flexibility index (Phi) is 13.2. The molecule has 1 atom stereocenters. The van der Waals surface area contributed by atoms with E-state index in [1.165, 1.54) is 0 Å². The Morgan fingerprint density at radius 2 is 2.15 bits per heavy atom. The topological polar surface area (TPSA) is 43.4 Å². The van der Waals surface area contributed by atoms with E-state index >= 15 is 0 Å². The highest BCUT2D eigenvalue weighted by atomic mass is 35.5. The number of ether oxygens (including phenoxy) is 2. The van der Waals surface area contributed by atoms with E-state index in [4.69, 9.17) is 27.5 Å². The van der Waals surface area contributed by atoms with Gasteiger partial charge in [0.15, 0.2) is 11.5 Å². The Balaban J connectivity index is 3.36. The maximum atomic E-state index is 6.11. The summed E-state index contributed by atoms with van der Waals surface area (Å²) < 4.78 is 11.9. The summed E-state index contributed by atoms with van der Waals surface area (Å²) in [6, 6.07) is 3.89. The molecule has 1 heterocycles. The van der Waals surface area contributed by atoms with Gasteiger partial charge in [0, 0.05) is 23.8 Å². The van der Waals surface area contributed by atoms with E-state index in [1.54, 1.807) is 19.4 Å². The van der Waals surface area contributed by atoms with Gasteiger partial charge in [-0.2, -0.15) is 0 Å². The Labute approximate surface area is 204 Å². The van der Waals surface area contributed by atoms with Gasteiger partial charge in [-0.15, -0.1) is 6.42 Å². The average molecular weight is 467 g/mol. The van der Waals surface area contributed by atoms with Crippen molar-refractivity contribution in [1.29, 1.82) is 0 Å². The molecule has 0 saturated carbocycles. The van der Waals surface area contributed by atoms with Crippen molar-refractivity contribution >= 4 is 17.4 Å². The number of allylic oxidation sites excluding steroid dienone is 7. The summed E-state index contributed by atoms with van der Waals surface area (Å²) >= 11 is 5.94. The van der Waals surface area contributed by atoms with Crippen LogP contribution in [0, 0.1) is 12.3 Å².